The van der Waals surface area contributed by atoms with E-state index in [1.807, 2.05) is 20.8 Å². The Kier molecular flexibility index (Phi) is 3.92. The zero-order valence-electron chi connectivity index (χ0n) is 8.89. The molecule has 0 saturated heterocycles. The molecule has 0 rings (SSSR count). The molecule has 0 heterocycles. The first-order valence-electron chi connectivity index (χ1n) is 4.27. The van der Waals surface area contributed by atoms with Crippen LogP contribution >= 0.6 is 0 Å². The third kappa shape index (κ3) is 3.45. The quantitative estimate of drug-likeness (QED) is 0.493. The zero-order chi connectivity index (χ0) is 10.6. The topological polar surface area (TPSA) is 26.3 Å². The van der Waals surface area contributed by atoms with Crippen LogP contribution in [0, 0.1) is 5.41 Å². The van der Waals surface area contributed by atoms with Crippen LogP contribution in [0.4, 0.5) is 0 Å². The Morgan fingerprint density at radius 3 is 2.15 bits per heavy atom. The van der Waals surface area contributed by atoms with Crippen LogP contribution in [-0.4, -0.2) is 12.1 Å². The van der Waals surface area contributed by atoms with Crippen LogP contribution in [0.2, 0.25) is 0 Å². The van der Waals surface area contributed by atoms with Gasteiger partial charge in [0, 0.05) is 12.3 Å². The number of ether oxygens (including phenoxy) is 1. The Morgan fingerprint density at radius 2 is 1.92 bits per heavy atom. The van der Waals surface area contributed by atoms with Gasteiger partial charge in [0.05, 0.1) is 0 Å². The smallest absolute Gasteiger partial charge is 0.303 e. The molecular weight excluding hydrogens is 164 g/mol. The first-order chi connectivity index (χ1) is 5.81. The van der Waals surface area contributed by atoms with Crippen LogP contribution in [0.3, 0.4) is 0 Å². The molecule has 0 radical (unpaired) electrons. The first-order valence-corrected chi connectivity index (χ1v) is 4.27. The molecule has 0 aromatic rings. The molecule has 0 N–H and O–H groups in total. The fourth-order valence-corrected chi connectivity index (χ4v) is 1.16. The van der Waals surface area contributed by atoms with Crippen molar-refractivity contribution in [2.45, 2.75) is 33.8 Å². The highest BCUT2D eigenvalue weighted by molar-refractivity contribution is 5.66. The number of esters is 1. The molecule has 0 aromatic heterocycles. The fraction of sp³-hybridized carbons (Fsp3) is 0.545. The van der Waals surface area contributed by atoms with Crippen molar-refractivity contribution < 1.29 is 9.53 Å². The Balaban J connectivity index is 4.70. The van der Waals surface area contributed by atoms with Gasteiger partial charge in [-0.2, -0.15) is 0 Å². The van der Waals surface area contributed by atoms with Crippen molar-refractivity contribution in [2.24, 2.45) is 5.41 Å². The molecule has 2 heteroatoms. The summed E-state index contributed by atoms with van der Waals surface area (Å²) < 4.78 is 5.16. The normalized spacial score (nSPS) is 13.2. The van der Waals surface area contributed by atoms with Crippen LogP contribution < -0.4 is 0 Å². The van der Waals surface area contributed by atoms with Crippen molar-refractivity contribution in [3.63, 3.8) is 0 Å². The van der Waals surface area contributed by atoms with Gasteiger partial charge in [0.25, 0.3) is 0 Å². The van der Waals surface area contributed by atoms with E-state index in [2.05, 4.69) is 13.2 Å². The van der Waals surface area contributed by atoms with Gasteiger partial charge in [-0.05, 0) is 12.5 Å². The summed E-state index contributed by atoms with van der Waals surface area (Å²) in [7, 11) is 0. The van der Waals surface area contributed by atoms with Crippen molar-refractivity contribution in [1.29, 1.82) is 0 Å². The second kappa shape index (κ2) is 4.26. The average Bonchev–Trinajstić information content (AvgIpc) is 1.99. The van der Waals surface area contributed by atoms with E-state index in [0.29, 0.717) is 0 Å². The summed E-state index contributed by atoms with van der Waals surface area (Å²) in [6.45, 7) is 14.7. The van der Waals surface area contributed by atoms with E-state index in [0.717, 1.165) is 5.57 Å². The molecule has 0 spiro atoms. The van der Waals surface area contributed by atoms with Gasteiger partial charge < -0.3 is 4.74 Å². The third-order valence-corrected chi connectivity index (χ3v) is 1.93. The Bertz CT molecular complexity index is 226. The first kappa shape index (κ1) is 11.9. The van der Waals surface area contributed by atoms with Gasteiger partial charge in [-0.1, -0.05) is 26.5 Å². The molecule has 13 heavy (non-hydrogen) atoms. The highest BCUT2D eigenvalue weighted by Crippen LogP contribution is 2.29. The highest BCUT2D eigenvalue weighted by atomic mass is 16.5. The van der Waals surface area contributed by atoms with Gasteiger partial charge in [-0.3, -0.25) is 4.79 Å². The second-order valence-electron chi connectivity index (χ2n) is 3.86. The number of carbonyl (C=O) groups is 1. The average molecular weight is 182 g/mol. The van der Waals surface area contributed by atoms with Crippen molar-refractivity contribution in [1.82, 2.24) is 0 Å². The minimum atomic E-state index is -0.289. The molecule has 0 saturated carbocycles. The molecule has 0 aliphatic heterocycles. The molecule has 0 amide bonds. The summed E-state index contributed by atoms with van der Waals surface area (Å²) in [5.41, 5.74) is 0.567. The van der Waals surface area contributed by atoms with Crippen LogP contribution in [0.5, 0.6) is 0 Å². The minimum absolute atomic E-state index is 0.266. The lowest BCUT2D eigenvalue weighted by Crippen LogP contribution is -2.32. The summed E-state index contributed by atoms with van der Waals surface area (Å²) in [5, 5.41) is 0. The molecule has 0 aliphatic carbocycles. The maximum atomic E-state index is 10.8. The van der Waals surface area contributed by atoms with Gasteiger partial charge in [-0.15, -0.1) is 6.58 Å². The number of hydrogen-bond acceptors (Lipinski definition) is 2. The van der Waals surface area contributed by atoms with E-state index in [1.165, 1.54) is 6.92 Å². The van der Waals surface area contributed by atoms with Gasteiger partial charge in [-0.25, -0.2) is 0 Å². The summed E-state index contributed by atoms with van der Waals surface area (Å²) in [5.74, 6) is -0.289. The molecular formula is C11H18O2. The van der Waals surface area contributed by atoms with E-state index in [1.54, 1.807) is 6.08 Å². The molecule has 1 unspecified atom stereocenters. The van der Waals surface area contributed by atoms with E-state index in [-0.39, 0.29) is 17.5 Å². The summed E-state index contributed by atoms with van der Waals surface area (Å²) in [6, 6.07) is 0. The van der Waals surface area contributed by atoms with Crippen molar-refractivity contribution in [3.05, 3.63) is 24.8 Å². The van der Waals surface area contributed by atoms with Crippen LogP contribution in [0.1, 0.15) is 27.7 Å². The lowest BCUT2D eigenvalue weighted by molar-refractivity contribution is -0.148. The van der Waals surface area contributed by atoms with E-state index in [4.69, 9.17) is 4.74 Å². The summed E-state index contributed by atoms with van der Waals surface area (Å²) >= 11 is 0. The van der Waals surface area contributed by atoms with E-state index >= 15 is 0 Å². The maximum absolute atomic E-state index is 10.8. The predicted molar refractivity (Wildman–Crippen MR) is 54.3 cm³/mol. The van der Waals surface area contributed by atoms with Crippen LogP contribution in [0.25, 0.3) is 0 Å². The maximum Gasteiger partial charge on any atom is 0.303 e. The predicted octanol–water partition coefficient (Wildman–Crippen LogP) is 2.71. The molecule has 0 aromatic carbocycles. The van der Waals surface area contributed by atoms with E-state index < -0.39 is 0 Å². The van der Waals surface area contributed by atoms with Gasteiger partial charge in [0.15, 0.2) is 0 Å². The molecule has 2 nitrogen and oxygen atoms in total. The van der Waals surface area contributed by atoms with Gasteiger partial charge >= 0.3 is 5.97 Å². The van der Waals surface area contributed by atoms with Crippen LogP contribution in [-0.2, 0) is 9.53 Å². The highest BCUT2D eigenvalue weighted by Gasteiger charge is 2.29. The molecule has 0 aliphatic rings. The van der Waals surface area contributed by atoms with Crippen LogP contribution in [0.15, 0.2) is 24.8 Å². The number of carbonyl (C=O) groups excluding carboxylic acids is 1. The number of hydrogen-bond donors (Lipinski definition) is 0. The van der Waals surface area contributed by atoms with E-state index in [9.17, 15) is 4.79 Å². The second-order valence-corrected chi connectivity index (χ2v) is 3.86. The lowest BCUT2D eigenvalue weighted by atomic mass is 9.83. The Morgan fingerprint density at radius 1 is 1.46 bits per heavy atom. The third-order valence-electron chi connectivity index (χ3n) is 1.93. The van der Waals surface area contributed by atoms with Gasteiger partial charge in [0.1, 0.15) is 6.10 Å². The molecule has 74 valence electrons. The van der Waals surface area contributed by atoms with Gasteiger partial charge in [0.2, 0.25) is 0 Å². The van der Waals surface area contributed by atoms with Crippen molar-refractivity contribution in [2.75, 3.05) is 0 Å². The molecule has 0 bridgehead atoms. The monoisotopic (exact) mass is 182 g/mol. The molecule has 1 atom stereocenters. The standard InChI is InChI=1S/C11H18O2/c1-7-11(5,6)10(8(2)3)13-9(4)12/h7,10H,1-2H2,3-6H3. The largest absolute Gasteiger partial charge is 0.457 e. The van der Waals surface area contributed by atoms with Crippen molar-refractivity contribution in [3.8, 4) is 0 Å². The molecule has 0 fully saturated rings. The summed E-state index contributed by atoms with van der Waals surface area (Å²) in [6.07, 6.45) is 1.48. The summed E-state index contributed by atoms with van der Waals surface area (Å²) in [4.78, 5) is 10.8. The minimum Gasteiger partial charge on any atom is -0.457 e. The Labute approximate surface area is 80.3 Å². The SMILES string of the molecule is C=CC(C)(C)C(OC(C)=O)C(=C)C. The number of rotatable bonds is 4. The Hall–Kier alpha value is -1.05. The fourth-order valence-electron chi connectivity index (χ4n) is 1.16. The lowest BCUT2D eigenvalue weighted by Gasteiger charge is -2.31. The zero-order valence-corrected chi connectivity index (χ0v) is 8.89. The van der Waals surface area contributed by atoms with Crippen molar-refractivity contribution >= 4 is 5.97 Å².